The Labute approximate surface area is 401 Å². The lowest BCUT2D eigenvalue weighted by molar-refractivity contribution is -0.236. The molecule has 8 N–H and O–H groups in total. The van der Waals surface area contributed by atoms with E-state index in [9.17, 15) is 39.0 Å². The predicted octanol–water partition coefficient (Wildman–Crippen LogP) is 7.32. The van der Waals surface area contributed by atoms with Crippen molar-refractivity contribution in [3.05, 3.63) is 24.3 Å². The molecule has 0 aliphatic heterocycles. The Bertz CT molecular complexity index is 1280. The number of hydrogen-bond acceptors (Lipinski definition) is 16. The van der Waals surface area contributed by atoms with Crippen LogP contribution in [0, 0.1) is 0 Å². The van der Waals surface area contributed by atoms with Crippen LogP contribution in [0.5, 0.6) is 0 Å². The highest BCUT2D eigenvalue weighted by molar-refractivity contribution is 6.15. The monoisotopic (exact) mass is 983 g/mol. The van der Waals surface area contributed by atoms with Gasteiger partial charge in [-0.15, -0.1) is 0 Å². The smallest absolute Gasteiger partial charge is 0.360 e. The van der Waals surface area contributed by atoms with Crippen molar-refractivity contribution in [3.63, 3.8) is 0 Å². The Kier molecular flexibility index (Phi) is 40.8. The summed E-state index contributed by atoms with van der Waals surface area (Å²) < 4.78 is 10.9. The Morgan fingerprint density at radius 2 is 0.879 bits per heavy atom. The zero-order valence-electron chi connectivity index (χ0n) is 39.2. The first kappa shape index (κ1) is 62.6. The van der Waals surface area contributed by atoms with Gasteiger partial charge in [0.2, 0.25) is 11.8 Å². The van der Waals surface area contributed by atoms with Crippen LogP contribution in [-0.2, 0) is 48.0 Å². The summed E-state index contributed by atoms with van der Waals surface area (Å²) in [5.74, 6) is -3.82. The number of hydrogen-bond donors (Lipinski definition) is 8. The van der Waals surface area contributed by atoms with E-state index < -0.39 is 73.2 Å². The maximum Gasteiger partial charge on any atom is 0.360 e. The van der Waals surface area contributed by atoms with Crippen molar-refractivity contribution >= 4 is 59.2 Å². The number of aliphatic hydroxyl groups is 2. The summed E-state index contributed by atoms with van der Waals surface area (Å²) in [5.41, 5.74) is 0. The van der Waals surface area contributed by atoms with Gasteiger partial charge in [-0.05, 0) is 101 Å². The minimum absolute atomic E-state index is 0.0352. The van der Waals surface area contributed by atoms with E-state index in [0.29, 0.717) is 51.6 Å². The molecule has 0 aliphatic rings. The van der Waals surface area contributed by atoms with Crippen LogP contribution in [0.1, 0.15) is 181 Å². The summed E-state index contributed by atoms with van der Waals surface area (Å²) >= 11 is 10.9. The van der Waals surface area contributed by atoms with Gasteiger partial charge in [-0.2, -0.15) is 10.5 Å². The number of carbonyl (C=O) groups excluding carboxylic acids is 6. The normalized spacial score (nSPS) is 14.2. The Morgan fingerprint density at radius 3 is 1.23 bits per heavy atom. The number of unbranched alkanes of at least 4 members (excludes halogenated alkanes) is 14. The lowest BCUT2D eigenvalue weighted by atomic mass is 10.0. The largest absolute Gasteiger partial charge is 0.460 e. The van der Waals surface area contributed by atoms with Gasteiger partial charge in [0, 0.05) is 25.9 Å². The molecular weight excluding hydrogens is 903 g/mol. The van der Waals surface area contributed by atoms with E-state index in [0.717, 1.165) is 116 Å². The van der Waals surface area contributed by atoms with E-state index in [1.807, 2.05) is 38.2 Å². The van der Waals surface area contributed by atoms with Crippen molar-refractivity contribution in [1.29, 1.82) is 0 Å². The third-order valence-corrected chi connectivity index (χ3v) is 11.3. The zero-order chi connectivity index (χ0) is 49.2. The molecule has 0 aromatic rings. The Balaban J connectivity index is 4.08. The number of amides is 2. The number of carbonyl (C=O) groups is 6. The van der Waals surface area contributed by atoms with Crippen molar-refractivity contribution in [2.24, 2.45) is 0 Å². The highest BCUT2D eigenvalue weighted by atomic mass is 35.5. The highest BCUT2D eigenvalue weighted by Crippen LogP contribution is 2.18. The van der Waals surface area contributed by atoms with Gasteiger partial charge in [0.25, 0.3) is 0 Å². The molecule has 0 radical (unpaired) electrons. The molecule has 0 aliphatic carbocycles. The Hall–Kier alpha value is -3.36. The van der Waals surface area contributed by atoms with E-state index in [2.05, 4.69) is 30.1 Å². The Morgan fingerprint density at radius 1 is 0.515 bits per heavy atom. The first-order valence-corrected chi connectivity index (χ1v) is 24.6. The molecular formula is C46H80Cl2N4O14. The summed E-state index contributed by atoms with van der Waals surface area (Å²) in [6.45, 7) is 4.85. The molecule has 6 atom stereocenters. The fourth-order valence-electron chi connectivity index (χ4n) is 6.83. The number of esters is 2. The average molecular weight is 984 g/mol. The topological polar surface area (TPSA) is 268 Å². The summed E-state index contributed by atoms with van der Waals surface area (Å²) in [4.78, 5) is 83.6. The number of ether oxygens (including phenoxy) is 2. The maximum absolute atomic E-state index is 12.4. The van der Waals surface area contributed by atoms with Gasteiger partial charge in [-0.3, -0.25) is 29.0 Å². The molecule has 20 heteroatoms. The minimum Gasteiger partial charge on any atom is -0.460 e. The average Bonchev–Trinajstić information content (AvgIpc) is 3.31. The highest BCUT2D eigenvalue weighted by Gasteiger charge is 2.29. The second-order valence-electron chi connectivity index (χ2n) is 16.5. The van der Waals surface area contributed by atoms with E-state index in [-0.39, 0.29) is 11.8 Å². The molecule has 18 nitrogen and oxygen atoms in total. The molecule has 6 unspecified atom stereocenters. The van der Waals surface area contributed by atoms with Crippen LogP contribution in [-0.4, -0.2) is 106 Å². The van der Waals surface area contributed by atoms with Crippen LogP contribution in [0.15, 0.2) is 24.3 Å². The standard InChI is InChI=1S/C46H80Cl2N4O14/c1-3-5-19-27-39(63-43(57)33-35(51-47)45(59)65-61)37(53)25-21-15-11-7-9-13-17-23-29-41(55)49-31-32-50-42(56)30-24-18-14-10-8-12-16-22-26-38(54)40(28-20-6-4-2)64-44(58)34-36(52-48)46(60)66-62/h15-16,21-22,35-40,51-54,61-62H,3-14,17-20,23-34H2,1-2H3,(H,49,55)(H,50,56). The second-order valence-corrected chi connectivity index (χ2v) is 16.9. The van der Waals surface area contributed by atoms with Crippen molar-refractivity contribution in [2.75, 3.05) is 13.1 Å². The van der Waals surface area contributed by atoms with Crippen LogP contribution < -0.4 is 20.3 Å². The molecule has 0 saturated carbocycles. The molecule has 0 spiro atoms. The molecule has 0 aromatic heterocycles. The summed E-state index contributed by atoms with van der Waals surface area (Å²) in [6.07, 6.45) is 22.1. The molecule has 0 fully saturated rings. The number of rotatable bonds is 43. The number of nitrogens with one attached hydrogen (secondary N) is 4. The van der Waals surface area contributed by atoms with Gasteiger partial charge in [0.15, 0.2) is 0 Å². The summed E-state index contributed by atoms with van der Waals surface area (Å²) in [7, 11) is 0. The van der Waals surface area contributed by atoms with Gasteiger partial charge < -0.3 is 30.3 Å². The molecule has 0 saturated heterocycles. The number of allylic oxidation sites excluding steroid dienone is 2. The van der Waals surface area contributed by atoms with E-state index in [4.69, 9.17) is 43.5 Å². The van der Waals surface area contributed by atoms with Gasteiger partial charge in [-0.1, -0.05) is 102 Å². The van der Waals surface area contributed by atoms with E-state index >= 15 is 0 Å². The van der Waals surface area contributed by atoms with Crippen LogP contribution >= 0.6 is 23.6 Å². The minimum atomic E-state index is -1.29. The third-order valence-electron chi connectivity index (χ3n) is 10.8. The van der Waals surface area contributed by atoms with Crippen molar-refractivity contribution in [1.82, 2.24) is 20.3 Å². The second kappa shape index (κ2) is 43.0. The maximum atomic E-state index is 12.4. The number of aliphatic hydroxyl groups excluding tert-OH is 2. The molecule has 0 heterocycles. The fraction of sp³-hybridized carbons (Fsp3) is 0.783. The summed E-state index contributed by atoms with van der Waals surface area (Å²) in [5, 5.41) is 44.2. The molecule has 382 valence electrons. The van der Waals surface area contributed by atoms with Crippen molar-refractivity contribution in [3.8, 4) is 0 Å². The van der Waals surface area contributed by atoms with Crippen LogP contribution in [0.4, 0.5) is 0 Å². The third kappa shape index (κ3) is 34.0. The molecule has 0 rings (SSSR count). The van der Waals surface area contributed by atoms with Gasteiger partial charge in [0.1, 0.15) is 24.3 Å². The number of halogens is 2. The predicted molar refractivity (Wildman–Crippen MR) is 250 cm³/mol. The van der Waals surface area contributed by atoms with E-state index in [1.54, 1.807) is 0 Å². The lowest BCUT2D eigenvalue weighted by Gasteiger charge is -2.23. The van der Waals surface area contributed by atoms with Crippen LogP contribution in [0.3, 0.4) is 0 Å². The SMILES string of the molecule is CCCCCC(OC(=O)CC(NCl)C(=O)OO)C(O)CC=CCCCCCCCC(=O)NCCNC(=O)CCCCCCCC=CCC(O)C(CCCCC)OC(=O)CC(NCl)C(=O)OO. The van der Waals surface area contributed by atoms with Gasteiger partial charge in [-0.25, -0.2) is 19.3 Å². The van der Waals surface area contributed by atoms with Crippen LogP contribution in [0.2, 0.25) is 0 Å². The van der Waals surface area contributed by atoms with Gasteiger partial charge >= 0.3 is 23.9 Å². The van der Waals surface area contributed by atoms with Crippen molar-refractivity contribution < 1.29 is 68.7 Å². The quantitative estimate of drug-likeness (QED) is 0.00566. The van der Waals surface area contributed by atoms with Crippen LogP contribution in [0.25, 0.3) is 0 Å². The first-order valence-electron chi connectivity index (χ1n) is 23.9. The molecule has 66 heavy (non-hydrogen) atoms. The first-order chi connectivity index (χ1) is 31.9. The molecule has 2 amide bonds. The fourth-order valence-corrected chi connectivity index (χ4v) is 7.16. The lowest BCUT2D eigenvalue weighted by Crippen LogP contribution is -2.37. The molecule has 0 aromatic carbocycles. The molecule has 0 bridgehead atoms. The van der Waals surface area contributed by atoms with Gasteiger partial charge in [0.05, 0.1) is 25.0 Å². The van der Waals surface area contributed by atoms with E-state index in [1.165, 1.54) is 0 Å². The summed E-state index contributed by atoms with van der Waals surface area (Å²) in [6, 6.07) is -2.57. The zero-order valence-corrected chi connectivity index (χ0v) is 40.7. The van der Waals surface area contributed by atoms with Crippen molar-refractivity contribution in [2.45, 2.75) is 217 Å².